The highest BCUT2D eigenvalue weighted by Gasteiger charge is 2.41. The predicted octanol–water partition coefficient (Wildman–Crippen LogP) is 10.5. The van der Waals surface area contributed by atoms with Gasteiger partial charge in [0.1, 0.15) is 17.1 Å². The number of hydrogen-bond acceptors (Lipinski definition) is 9. The zero-order valence-corrected chi connectivity index (χ0v) is 39.2. The predicted molar refractivity (Wildman–Crippen MR) is 254 cm³/mol. The molecule has 0 aliphatic carbocycles. The second kappa shape index (κ2) is 27.8. The molecule has 0 spiro atoms. The topological polar surface area (TPSA) is 123 Å². The van der Waals surface area contributed by atoms with Gasteiger partial charge in [-0.05, 0) is 87.0 Å². The van der Waals surface area contributed by atoms with Crippen LogP contribution in [0.15, 0.2) is 78.9 Å². The Labute approximate surface area is 375 Å². The summed E-state index contributed by atoms with van der Waals surface area (Å²) in [5, 5.41) is 14.0. The van der Waals surface area contributed by atoms with Crippen LogP contribution in [0.5, 0.6) is 11.5 Å². The van der Waals surface area contributed by atoms with Crippen molar-refractivity contribution in [3.8, 4) is 11.5 Å². The first-order valence-corrected chi connectivity index (χ1v) is 25.2. The van der Waals surface area contributed by atoms with Crippen molar-refractivity contribution in [3.63, 3.8) is 0 Å². The molecule has 0 aromatic heterocycles. The molecular weight excluding hydrogens is 803 g/mol. The number of aliphatic hydroxyl groups is 1. The molecule has 0 saturated carbocycles. The van der Waals surface area contributed by atoms with Crippen LogP contribution in [-0.2, 0) is 19.9 Å². The van der Waals surface area contributed by atoms with Gasteiger partial charge in [0.15, 0.2) is 0 Å². The molecule has 9 nitrogen and oxygen atoms in total. The number of aliphatic hydroxyl groups excluding tert-OH is 1. The van der Waals surface area contributed by atoms with Crippen LogP contribution in [0.4, 0.5) is 0 Å². The van der Waals surface area contributed by atoms with E-state index in [0.29, 0.717) is 32.2 Å². The third kappa shape index (κ3) is 17.1. The van der Waals surface area contributed by atoms with Gasteiger partial charge >= 0.3 is 0 Å². The van der Waals surface area contributed by atoms with Gasteiger partial charge in [-0.1, -0.05) is 147 Å². The van der Waals surface area contributed by atoms with Crippen molar-refractivity contribution >= 4 is 33.4 Å². The summed E-state index contributed by atoms with van der Waals surface area (Å²) in [5.74, 6) is 2.46. The van der Waals surface area contributed by atoms with Crippen molar-refractivity contribution in [1.82, 2.24) is 10.2 Å². The molecule has 61 heavy (non-hydrogen) atoms. The van der Waals surface area contributed by atoms with Crippen LogP contribution in [0, 0.1) is 0 Å². The summed E-state index contributed by atoms with van der Waals surface area (Å²) < 4.78 is 18.0. The maximum absolute atomic E-state index is 13.9. The lowest BCUT2D eigenvalue weighted by atomic mass is 9.80. The first-order valence-electron chi connectivity index (χ1n) is 22.9. The van der Waals surface area contributed by atoms with Crippen molar-refractivity contribution < 1.29 is 28.9 Å². The number of nitrogens with two attached hydrogens (primary N) is 1. The normalized spacial score (nSPS) is 15.5. The molecule has 1 aliphatic heterocycles. The number of methoxy groups -OCH3 is 2. The number of carbonyl (C=O) groups excluding carboxylic acids is 2. The van der Waals surface area contributed by atoms with E-state index in [9.17, 15) is 14.7 Å². The van der Waals surface area contributed by atoms with Crippen molar-refractivity contribution in [2.75, 3.05) is 46.2 Å². The molecule has 1 saturated heterocycles. The number of unbranched alkanes of at least 4 members (excludes halogenated alkanes) is 12. The van der Waals surface area contributed by atoms with E-state index in [-0.39, 0.29) is 35.8 Å². The number of ether oxygens (including phenoxy) is 3. The zero-order chi connectivity index (χ0) is 43.8. The quantitative estimate of drug-likeness (QED) is 0.0329. The lowest BCUT2D eigenvalue weighted by molar-refractivity contribution is -0.134. The molecule has 2 atom stereocenters. The molecular formula is C50H75N3O6S2. The highest BCUT2D eigenvalue weighted by atomic mass is 33.1. The van der Waals surface area contributed by atoms with Crippen molar-refractivity contribution in [2.24, 2.45) is 5.73 Å². The number of likely N-dealkylation sites (tertiary alicyclic amines) is 1. The van der Waals surface area contributed by atoms with Gasteiger partial charge in [-0.2, -0.15) is 0 Å². The summed E-state index contributed by atoms with van der Waals surface area (Å²) in [4.78, 5) is 28.1. The van der Waals surface area contributed by atoms with Gasteiger partial charge in [0.25, 0.3) is 0 Å². The van der Waals surface area contributed by atoms with Gasteiger partial charge < -0.3 is 35.3 Å². The van der Waals surface area contributed by atoms with Gasteiger partial charge in [-0.25, -0.2) is 0 Å². The smallest absolute Gasteiger partial charge is 0.223 e. The summed E-state index contributed by atoms with van der Waals surface area (Å²) >= 11 is 0. The van der Waals surface area contributed by atoms with Crippen LogP contribution in [0.1, 0.15) is 140 Å². The van der Waals surface area contributed by atoms with Crippen LogP contribution in [0.2, 0.25) is 0 Å². The van der Waals surface area contributed by atoms with E-state index < -0.39 is 11.7 Å². The largest absolute Gasteiger partial charge is 0.497 e. The maximum Gasteiger partial charge on any atom is 0.223 e. The van der Waals surface area contributed by atoms with Gasteiger partial charge in [-0.15, -0.1) is 0 Å². The molecule has 0 radical (unpaired) electrons. The maximum atomic E-state index is 13.9. The summed E-state index contributed by atoms with van der Waals surface area (Å²) in [5.41, 5.74) is 7.33. The van der Waals surface area contributed by atoms with Gasteiger partial charge in [0.2, 0.25) is 11.8 Å². The Bertz CT molecular complexity index is 1610. The van der Waals surface area contributed by atoms with Gasteiger partial charge in [0.05, 0.1) is 33.0 Å². The summed E-state index contributed by atoms with van der Waals surface area (Å²) in [6, 6.07) is 25.6. The molecule has 0 bridgehead atoms. The third-order valence-electron chi connectivity index (χ3n) is 11.7. The number of rotatable bonds is 31. The minimum absolute atomic E-state index is 0.0237. The Balaban J connectivity index is 1.20. The molecule has 4 rings (SSSR count). The minimum atomic E-state index is -1.01. The number of hydrogen-bond donors (Lipinski definition) is 3. The SMILES string of the molecule is COc1ccc(C(OC[C@@H]2C[C@@H](O)CN2C(=O)CCC(C)(C)SSCCNC(=O)CCCCCCCCCCCCCCCN)(c2ccccc2)c2ccc(OC)cc2)cc1. The van der Waals surface area contributed by atoms with Crippen LogP contribution in [0.25, 0.3) is 0 Å². The summed E-state index contributed by atoms with van der Waals surface area (Å²) in [7, 11) is 6.81. The van der Waals surface area contributed by atoms with Crippen LogP contribution < -0.4 is 20.5 Å². The van der Waals surface area contributed by atoms with E-state index in [1.54, 1.807) is 35.8 Å². The average molecular weight is 878 g/mol. The third-order valence-corrected chi connectivity index (χ3v) is 15.1. The van der Waals surface area contributed by atoms with E-state index in [1.165, 1.54) is 64.2 Å². The number of nitrogens with zero attached hydrogens (tertiary/aromatic N) is 1. The van der Waals surface area contributed by atoms with Gasteiger partial charge in [0, 0.05) is 36.4 Å². The molecule has 1 aliphatic rings. The van der Waals surface area contributed by atoms with Crippen molar-refractivity contribution in [3.05, 3.63) is 95.6 Å². The molecule has 3 aromatic rings. The molecule has 11 heteroatoms. The van der Waals surface area contributed by atoms with E-state index in [0.717, 1.165) is 59.7 Å². The lowest BCUT2D eigenvalue weighted by Crippen LogP contribution is -2.42. The van der Waals surface area contributed by atoms with E-state index in [4.69, 9.17) is 19.9 Å². The molecule has 0 unspecified atom stereocenters. The Morgan fingerprint density at radius 1 is 0.738 bits per heavy atom. The number of β-amino-alcohol motifs (C(OH)–C–C–N with tert-alkyl or cyclic N) is 1. The minimum Gasteiger partial charge on any atom is -0.497 e. The van der Waals surface area contributed by atoms with Crippen molar-refractivity contribution in [2.45, 2.75) is 145 Å². The number of nitrogens with one attached hydrogen (secondary N) is 1. The molecule has 4 N–H and O–H groups in total. The summed E-state index contributed by atoms with van der Waals surface area (Å²) in [6.45, 7) is 6.31. The first-order chi connectivity index (χ1) is 29.6. The fraction of sp³-hybridized carbons (Fsp3) is 0.600. The average Bonchev–Trinajstić information content (AvgIpc) is 3.66. The fourth-order valence-corrected chi connectivity index (χ4v) is 10.6. The fourth-order valence-electron chi connectivity index (χ4n) is 8.14. The van der Waals surface area contributed by atoms with Crippen LogP contribution in [0.3, 0.4) is 0 Å². The second-order valence-corrected chi connectivity index (χ2v) is 20.2. The monoisotopic (exact) mass is 878 g/mol. The molecule has 1 heterocycles. The summed E-state index contributed by atoms with van der Waals surface area (Å²) in [6.07, 6.45) is 17.9. The first kappa shape index (κ1) is 50.4. The Morgan fingerprint density at radius 2 is 1.25 bits per heavy atom. The number of amides is 2. The molecule has 2 amide bonds. The second-order valence-electron chi connectivity index (χ2n) is 17.1. The van der Waals surface area contributed by atoms with Crippen LogP contribution in [-0.4, -0.2) is 84.9 Å². The molecule has 3 aromatic carbocycles. The number of benzene rings is 3. The zero-order valence-electron chi connectivity index (χ0n) is 37.5. The van der Waals surface area contributed by atoms with Gasteiger partial charge in [-0.3, -0.25) is 9.59 Å². The number of carbonyl (C=O) groups is 2. The van der Waals surface area contributed by atoms with Crippen molar-refractivity contribution in [1.29, 1.82) is 0 Å². The highest BCUT2D eigenvalue weighted by molar-refractivity contribution is 8.77. The molecule has 338 valence electrons. The van der Waals surface area contributed by atoms with E-state index in [1.807, 2.05) is 71.6 Å². The lowest BCUT2D eigenvalue weighted by Gasteiger charge is -2.38. The van der Waals surface area contributed by atoms with E-state index in [2.05, 4.69) is 31.3 Å². The Hall–Kier alpha value is -3.22. The Morgan fingerprint density at radius 3 is 1.77 bits per heavy atom. The molecule has 1 fully saturated rings. The highest BCUT2D eigenvalue weighted by Crippen LogP contribution is 2.43. The van der Waals surface area contributed by atoms with E-state index >= 15 is 0 Å². The standard InChI is InChI=1S/C50H75N3O6S2/c1-49(2,61-60-36-35-52-47(55)23-19-14-12-10-8-6-5-7-9-11-13-15-20-34-51)33-32-48(56)53-38-44(54)37-43(53)39-59-50(40-21-17-16-18-22-40,41-24-28-45(57-3)29-25-41)42-26-30-46(58-4)31-27-42/h16-18,21-22,24-31,43-44,54H,5-15,19-20,23,32-39,51H2,1-4H3,(H,52,55)/t43-,44+/m0/s1. The Kier molecular flexibility index (Phi) is 22.9. The van der Waals surface area contributed by atoms with Crippen LogP contribution >= 0.6 is 21.6 Å².